The van der Waals surface area contributed by atoms with Crippen molar-refractivity contribution in [3.8, 4) is 0 Å². The second kappa shape index (κ2) is 4.29. The Morgan fingerprint density at radius 1 is 1.55 bits per heavy atom. The summed E-state index contributed by atoms with van der Waals surface area (Å²) in [6.45, 7) is 1.99. The number of alkyl halides is 1. The molecule has 0 atom stereocenters. The lowest BCUT2D eigenvalue weighted by Gasteiger charge is -1.93. The van der Waals surface area contributed by atoms with Gasteiger partial charge >= 0.3 is 0 Å². The molecule has 0 unspecified atom stereocenters. The van der Waals surface area contributed by atoms with E-state index in [0.29, 0.717) is 0 Å². The molecule has 0 aliphatic rings. The van der Waals surface area contributed by atoms with Crippen LogP contribution in [0.3, 0.4) is 0 Å². The SMILES string of the molecule is Cc1cccc(C=CCBr)n1. The lowest BCUT2D eigenvalue weighted by Crippen LogP contribution is -1.82. The third-order valence-corrected chi connectivity index (χ3v) is 1.66. The first-order valence-electron chi connectivity index (χ1n) is 3.49. The van der Waals surface area contributed by atoms with Crippen LogP contribution in [0, 0.1) is 6.92 Å². The highest BCUT2D eigenvalue weighted by atomic mass is 79.9. The van der Waals surface area contributed by atoms with Gasteiger partial charge in [-0.15, -0.1) is 0 Å². The maximum Gasteiger partial charge on any atom is 0.0629 e. The number of aryl methyl sites for hydroxylation is 1. The van der Waals surface area contributed by atoms with Gasteiger partial charge in [0.25, 0.3) is 0 Å². The summed E-state index contributed by atoms with van der Waals surface area (Å²) in [6, 6.07) is 5.99. The van der Waals surface area contributed by atoms with Crippen LogP contribution in [-0.2, 0) is 0 Å². The largest absolute Gasteiger partial charge is 0.254 e. The molecule has 1 rings (SSSR count). The average Bonchev–Trinajstić information content (AvgIpc) is 2.01. The molecule has 0 saturated heterocycles. The Balaban J connectivity index is 2.79. The minimum atomic E-state index is 0.878. The van der Waals surface area contributed by atoms with E-state index in [9.17, 15) is 0 Å². The maximum absolute atomic E-state index is 4.30. The highest BCUT2D eigenvalue weighted by Gasteiger charge is 1.86. The van der Waals surface area contributed by atoms with Gasteiger partial charge < -0.3 is 0 Å². The van der Waals surface area contributed by atoms with Crippen molar-refractivity contribution >= 4 is 22.0 Å². The molecule has 0 aromatic carbocycles. The van der Waals surface area contributed by atoms with Gasteiger partial charge in [0.05, 0.1) is 5.69 Å². The summed E-state index contributed by atoms with van der Waals surface area (Å²) in [4.78, 5) is 4.30. The third kappa shape index (κ3) is 2.85. The normalized spacial score (nSPS) is 10.7. The van der Waals surface area contributed by atoms with Crippen LogP contribution in [-0.4, -0.2) is 10.3 Å². The van der Waals surface area contributed by atoms with Gasteiger partial charge in [-0.05, 0) is 25.1 Å². The van der Waals surface area contributed by atoms with Crippen molar-refractivity contribution in [2.24, 2.45) is 0 Å². The summed E-state index contributed by atoms with van der Waals surface area (Å²) in [5, 5.41) is 0.878. The maximum atomic E-state index is 4.30. The van der Waals surface area contributed by atoms with E-state index in [1.807, 2.05) is 37.3 Å². The van der Waals surface area contributed by atoms with Crippen molar-refractivity contribution < 1.29 is 0 Å². The highest BCUT2D eigenvalue weighted by Crippen LogP contribution is 2.00. The summed E-state index contributed by atoms with van der Waals surface area (Å²) in [6.07, 6.45) is 4.03. The van der Waals surface area contributed by atoms with Crippen LogP contribution in [0.15, 0.2) is 24.3 Å². The van der Waals surface area contributed by atoms with E-state index in [1.54, 1.807) is 0 Å². The fraction of sp³-hybridized carbons (Fsp3) is 0.222. The Labute approximate surface area is 75.3 Å². The molecular formula is C9H10BrN. The Kier molecular flexibility index (Phi) is 3.30. The molecule has 1 aromatic heterocycles. The van der Waals surface area contributed by atoms with Crippen molar-refractivity contribution in [1.82, 2.24) is 4.98 Å². The fourth-order valence-corrected chi connectivity index (χ4v) is 1.01. The second-order valence-electron chi connectivity index (χ2n) is 2.26. The van der Waals surface area contributed by atoms with E-state index in [0.717, 1.165) is 16.7 Å². The van der Waals surface area contributed by atoms with E-state index in [1.165, 1.54) is 0 Å². The monoisotopic (exact) mass is 211 g/mol. The predicted molar refractivity (Wildman–Crippen MR) is 51.8 cm³/mol. The Hall–Kier alpha value is -0.630. The average molecular weight is 212 g/mol. The zero-order chi connectivity index (χ0) is 8.10. The van der Waals surface area contributed by atoms with E-state index in [2.05, 4.69) is 20.9 Å². The molecule has 0 aliphatic heterocycles. The lowest BCUT2D eigenvalue weighted by molar-refractivity contribution is 1.18. The van der Waals surface area contributed by atoms with E-state index >= 15 is 0 Å². The molecule has 1 nitrogen and oxygen atoms in total. The van der Waals surface area contributed by atoms with Gasteiger partial charge in [-0.1, -0.05) is 28.1 Å². The molecule has 0 aliphatic carbocycles. The molecule has 2 heteroatoms. The summed E-state index contributed by atoms with van der Waals surface area (Å²) in [7, 11) is 0. The van der Waals surface area contributed by atoms with Crippen molar-refractivity contribution in [2.45, 2.75) is 6.92 Å². The molecule has 0 spiro atoms. The predicted octanol–water partition coefficient (Wildman–Crippen LogP) is 2.80. The van der Waals surface area contributed by atoms with Gasteiger partial charge in [-0.25, -0.2) is 0 Å². The van der Waals surface area contributed by atoms with Crippen LogP contribution in [0.2, 0.25) is 0 Å². The molecule has 0 fully saturated rings. The van der Waals surface area contributed by atoms with Crippen LogP contribution in [0.1, 0.15) is 11.4 Å². The molecule has 0 N–H and O–H groups in total. The van der Waals surface area contributed by atoms with E-state index in [-0.39, 0.29) is 0 Å². The van der Waals surface area contributed by atoms with Crippen molar-refractivity contribution in [1.29, 1.82) is 0 Å². The molecule has 11 heavy (non-hydrogen) atoms. The number of halogens is 1. The van der Waals surface area contributed by atoms with Crippen LogP contribution in [0.25, 0.3) is 6.08 Å². The van der Waals surface area contributed by atoms with Crippen LogP contribution >= 0.6 is 15.9 Å². The lowest BCUT2D eigenvalue weighted by atomic mass is 10.3. The minimum Gasteiger partial charge on any atom is -0.254 e. The number of hydrogen-bond acceptors (Lipinski definition) is 1. The van der Waals surface area contributed by atoms with Gasteiger partial charge in [0.1, 0.15) is 0 Å². The van der Waals surface area contributed by atoms with Crippen LogP contribution in [0.5, 0.6) is 0 Å². The first kappa shape index (κ1) is 8.47. The molecule has 0 bridgehead atoms. The first-order chi connectivity index (χ1) is 5.33. The molecule has 0 saturated carbocycles. The summed E-state index contributed by atoms with van der Waals surface area (Å²) in [5.41, 5.74) is 2.08. The number of pyridine rings is 1. The highest BCUT2D eigenvalue weighted by molar-refractivity contribution is 9.09. The van der Waals surface area contributed by atoms with Gasteiger partial charge in [0, 0.05) is 11.0 Å². The summed E-state index contributed by atoms with van der Waals surface area (Å²) < 4.78 is 0. The molecule has 58 valence electrons. The Bertz CT molecular complexity index is 255. The number of hydrogen-bond donors (Lipinski definition) is 0. The minimum absolute atomic E-state index is 0.878. The van der Waals surface area contributed by atoms with E-state index < -0.39 is 0 Å². The Morgan fingerprint density at radius 3 is 3.00 bits per heavy atom. The molecule has 0 radical (unpaired) electrons. The topological polar surface area (TPSA) is 12.9 Å². The Morgan fingerprint density at radius 2 is 2.36 bits per heavy atom. The van der Waals surface area contributed by atoms with Gasteiger partial charge in [-0.3, -0.25) is 4.98 Å². The van der Waals surface area contributed by atoms with Gasteiger partial charge in [-0.2, -0.15) is 0 Å². The zero-order valence-electron chi connectivity index (χ0n) is 6.42. The summed E-state index contributed by atoms with van der Waals surface area (Å²) >= 11 is 3.31. The van der Waals surface area contributed by atoms with E-state index in [4.69, 9.17) is 0 Å². The number of rotatable bonds is 2. The quantitative estimate of drug-likeness (QED) is 0.687. The number of nitrogens with zero attached hydrogens (tertiary/aromatic N) is 1. The number of allylic oxidation sites excluding steroid dienone is 1. The standard InChI is InChI=1S/C9H10BrN/c1-8-4-2-5-9(11-8)6-3-7-10/h2-6H,7H2,1H3. The van der Waals surface area contributed by atoms with Gasteiger partial charge in [0.2, 0.25) is 0 Å². The van der Waals surface area contributed by atoms with Crippen molar-refractivity contribution in [3.05, 3.63) is 35.7 Å². The second-order valence-corrected chi connectivity index (χ2v) is 2.91. The fourth-order valence-electron chi connectivity index (χ4n) is 0.822. The van der Waals surface area contributed by atoms with Crippen molar-refractivity contribution in [2.75, 3.05) is 5.33 Å². The molecule has 1 heterocycles. The third-order valence-electron chi connectivity index (χ3n) is 1.29. The number of aromatic nitrogens is 1. The molecule has 0 amide bonds. The van der Waals surface area contributed by atoms with Crippen LogP contribution in [0.4, 0.5) is 0 Å². The van der Waals surface area contributed by atoms with Gasteiger partial charge in [0.15, 0.2) is 0 Å². The first-order valence-corrected chi connectivity index (χ1v) is 4.61. The smallest absolute Gasteiger partial charge is 0.0629 e. The zero-order valence-corrected chi connectivity index (χ0v) is 8.01. The van der Waals surface area contributed by atoms with Crippen molar-refractivity contribution in [3.63, 3.8) is 0 Å². The summed E-state index contributed by atoms with van der Waals surface area (Å²) in [5.74, 6) is 0. The molecular weight excluding hydrogens is 202 g/mol. The van der Waals surface area contributed by atoms with Crippen LogP contribution < -0.4 is 0 Å². The molecule has 1 aromatic rings.